The van der Waals surface area contributed by atoms with Gasteiger partial charge >= 0.3 is 5.97 Å². The normalized spacial score (nSPS) is 12.8. The largest absolute Gasteiger partial charge is 0.497 e. The summed E-state index contributed by atoms with van der Waals surface area (Å²) in [5.41, 5.74) is 0.869. The molecule has 1 aromatic carbocycles. The number of nitrogens with one attached hydrogen (secondary N) is 2. The third-order valence-electron chi connectivity index (χ3n) is 3.28. The lowest BCUT2D eigenvalue weighted by Crippen LogP contribution is -2.34. The molecule has 0 saturated carbocycles. The summed E-state index contributed by atoms with van der Waals surface area (Å²) in [6.45, 7) is 3.08. The quantitative estimate of drug-likeness (QED) is 0.725. The van der Waals surface area contributed by atoms with Crippen LogP contribution in [0.15, 0.2) is 29.2 Å². The molecule has 1 aromatic heterocycles. The number of rotatable bonds is 6. The fourth-order valence-corrected chi connectivity index (χ4v) is 3.78. The van der Waals surface area contributed by atoms with E-state index in [4.69, 9.17) is 4.74 Å². The van der Waals surface area contributed by atoms with Crippen molar-refractivity contribution in [2.24, 2.45) is 0 Å². The summed E-state index contributed by atoms with van der Waals surface area (Å²) >= 11 is 0. The van der Waals surface area contributed by atoms with Crippen LogP contribution in [-0.2, 0) is 14.8 Å². The van der Waals surface area contributed by atoms with E-state index in [1.807, 2.05) is 0 Å². The molecule has 0 fully saturated rings. The lowest BCUT2D eigenvalue weighted by molar-refractivity contribution is -0.139. The first kappa shape index (κ1) is 17.0. The van der Waals surface area contributed by atoms with Crippen LogP contribution in [0, 0.1) is 13.8 Å². The first-order chi connectivity index (χ1) is 10.8. The van der Waals surface area contributed by atoms with Gasteiger partial charge in [0.05, 0.1) is 18.5 Å². The molecule has 0 bridgehead atoms. The molecule has 1 unspecified atom stereocenters. The molecule has 1 atom stereocenters. The summed E-state index contributed by atoms with van der Waals surface area (Å²) in [6, 6.07) is 4.77. The summed E-state index contributed by atoms with van der Waals surface area (Å²) in [6.07, 6.45) is 0. The minimum Gasteiger partial charge on any atom is -0.497 e. The molecule has 3 N–H and O–H groups in total. The maximum Gasteiger partial charge on any atom is 0.326 e. The average molecular weight is 339 g/mol. The molecule has 2 aromatic rings. The van der Waals surface area contributed by atoms with Gasteiger partial charge in [-0.3, -0.25) is 9.89 Å². The number of carboxylic acids is 1. The number of H-pyrrole nitrogens is 1. The fourth-order valence-electron chi connectivity index (χ4n) is 2.23. The predicted molar refractivity (Wildman–Crippen MR) is 81.8 cm³/mol. The van der Waals surface area contributed by atoms with Crippen LogP contribution in [0.4, 0.5) is 0 Å². The zero-order valence-corrected chi connectivity index (χ0v) is 13.6. The van der Waals surface area contributed by atoms with Crippen molar-refractivity contribution in [2.45, 2.75) is 24.8 Å². The van der Waals surface area contributed by atoms with Crippen molar-refractivity contribution in [1.82, 2.24) is 14.9 Å². The number of aliphatic carboxylic acids is 1. The molecule has 8 nitrogen and oxygen atoms in total. The molecular weight excluding hydrogens is 322 g/mol. The fraction of sp³-hybridized carbons (Fsp3) is 0.286. The summed E-state index contributed by atoms with van der Waals surface area (Å²) in [7, 11) is -2.61. The number of methoxy groups -OCH3 is 1. The molecule has 0 saturated heterocycles. The Morgan fingerprint density at radius 1 is 1.39 bits per heavy atom. The van der Waals surface area contributed by atoms with Gasteiger partial charge in [0.2, 0.25) is 10.0 Å². The van der Waals surface area contributed by atoms with Gasteiger partial charge in [-0.15, -0.1) is 0 Å². The Morgan fingerprint density at radius 3 is 2.61 bits per heavy atom. The van der Waals surface area contributed by atoms with Gasteiger partial charge in [0, 0.05) is 0 Å². The lowest BCUT2D eigenvalue weighted by Gasteiger charge is -2.16. The van der Waals surface area contributed by atoms with Crippen LogP contribution in [0.1, 0.15) is 23.0 Å². The molecule has 0 aliphatic heterocycles. The van der Waals surface area contributed by atoms with Gasteiger partial charge in [0.15, 0.2) is 0 Å². The van der Waals surface area contributed by atoms with Crippen molar-refractivity contribution in [3.05, 3.63) is 41.2 Å². The first-order valence-corrected chi connectivity index (χ1v) is 8.15. The van der Waals surface area contributed by atoms with Crippen LogP contribution < -0.4 is 9.46 Å². The molecule has 0 radical (unpaired) electrons. The van der Waals surface area contributed by atoms with Crippen molar-refractivity contribution in [1.29, 1.82) is 0 Å². The van der Waals surface area contributed by atoms with Gasteiger partial charge in [-0.25, -0.2) is 8.42 Å². The van der Waals surface area contributed by atoms with Crippen molar-refractivity contribution in [2.75, 3.05) is 7.11 Å². The van der Waals surface area contributed by atoms with E-state index >= 15 is 0 Å². The second kappa shape index (κ2) is 6.39. The van der Waals surface area contributed by atoms with Crippen molar-refractivity contribution in [3.8, 4) is 5.75 Å². The number of nitrogens with zero attached hydrogens (tertiary/aromatic N) is 1. The van der Waals surface area contributed by atoms with Crippen LogP contribution in [-0.4, -0.2) is 36.8 Å². The molecule has 23 heavy (non-hydrogen) atoms. The molecule has 0 amide bonds. The average Bonchev–Trinajstić information content (AvgIpc) is 2.84. The number of sulfonamides is 1. The van der Waals surface area contributed by atoms with Crippen LogP contribution in [0.2, 0.25) is 0 Å². The van der Waals surface area contributed by atoms with Crippen molar-refractivity contribution < 1.29 is 23.1 Å². The molecule has 9 heteroatoms. The monoisotopic (exact) mass is 339 g/mol. The summed E-state index contributed by atoms with van der Waals surface area (Å²) in [5.74, 6) is -0.885. The number of hydrogen-bond acceptors (Lipinski definition) is 5. The lowest BCUT2D eigenvalue weighted by atomic mass is 10.1. The Kier molecular flexibility index (Phi) is 4.71. The highest BCUT2D eigenvalue weighted by Gasteiger charge is 2.30. The van der Waals surface area contributed by atoms with Gasteiger partial charge < -0.3 is 9.84 Å². The zero-order chi connectivity index (χ0) is 17.2. The number of aromatic amines is 1. The number of benzene rings is 1. The van der Waals surface area contributed by atoms with E-state index in [0.29, 0.717) is 11.4 Å². The summed E-state index contributed by atoms with van der Waals surface area (Å²) in [5, 5.41) is 15.8. The number of hydrogen-bond donors (Lipinski definition) is 3. The number of aryl methyl sites for hydroxylation is 2. The molecular formula is C14H17N3O5S. The van der Waals surface area contributed by atoms with Crippen LogP contribution >= 0.6 is 0 Å². The highest BCUT2D eigenvalue weighted by Crippen LogP contribution is 2.23. The van der Waals surface area contributed by atoms with E-state index in [1.165, 1.54) is 26.2 Å². The third kappa shape index (κ3) is 3.51. The molecule has 1 heterocycles. The predicted octanol–water partition coefficient (Wildman–Crippen LogP) is 1.14. The Labute approximate surface area is 133 Å². The van der Waals surface area contributed by atoms with E-state index in [9.17, 15) is 18.3 Å². The highest BCUT2D eigenvalue weighted by molar-refractivity contribution is 7.89. The van der Waals surface area contributed by atoms with E-state index in [-0.39, 0.29) is 16.2 Å². The van der Waals surface area contributed by atoms with Gasteiger partial charge in [-0.2, -0.15) is 9.82 Å². The Hall–Kier alpha value is -2.39. The highest BCUT2D eigenvalue weighted by atomic mass is 32.2. The second-order valence-electron chi connectivity index (χ2n) is 4.93. The Morgan fingerprint density at radius 2 is 2.09 bits per heavy atom. The SMILES string of the molecule is COc1cccc(C(NS(=O)(=O)c2c(C)n[nH]c2C)C(=O)O)c1. The topological polar surface area (TPSA) is 121 Å². The number of ether oxygens (including phenoxy) is 1. The number of aromatic nitrogens is 2. The number of carboxylic acid groups (broad SMARTS) is 1. The van der Waals surface area contributed by atoms with E-state index in [0.717, 1.165) is 0 Å². The smallest absolute Gasteiger partial charge is 0.326 e. The van der Waals surface area contributed by atoms with E-state index < -0.39 is 22.0 Å². The van der Waals surface area contributed by atoms with Crippen molar-refractivity contribution >= 4 is 16.0 Å². The summed E-state index contributed by atoms with van der Waals surface area (Å²) in [4.78, 5) is 11.5. The zero-order valence-electron chi connectivity index (χ0n) is 12.8. The van der Waals surface area contributed by atoms with Gasteiger partial charge in [-0.05, 0) is 31.5 Å². The van der Waals surface area contributed by atoms with Gasteiger partial charge in [0.25, 0.3) is 0 Å². The minimum absolute atomic E-state index is 0.0494. The molecule has 0 spiro atoms. The van der Waals surface area contributed by atoms with E-state index in [2.05, 4.69) is 14.9 Å². The first-order valence-electron chi connectivity index (χ1n) is 6.67. The Bertz CT molecular complexity index is 809. The van der Waals surface area contributed by atoms with Crippen LogP contribution in [0.3, 0.4) is 0 Å². The Balaban J connectivity index is 2.42. The second-order valence-corrected chi connectivity index (χ2v) is 6.58. The van der Waals surface area contributed by atoms with E-state index in [1.54, 1.807) is 19.1 Å². The maximum atomic E-state index is 12.5. The standard InChI is InChI=1S/C14H17N3O5S/c1-8-13(9(2)16-15-8)23(20,21)17-12(14(18)19)10-5-4-6-11(7-10)22-3/h4-7,12,17H,1-3H3,(H,15,16)(H,18,19). The maximum absolute atomic E-state index is 12.5. The summed E-state index contributed by atoms with van der Waals surface area (Å²) < 4.78 is 32.3. The number of carbonyl (C=O) groups is 1. The van der Waals surface area contributed by atoms with Crippen molar-refractivity contribution in [3.63, 3.8) is 0 Å². The van der Waals surface area contributed by atoms with Gasteiger partial charge in [0.1, 0.15) is 16.7 Å². The van der Waals surface area contributed by atoms with Crippen LogP contribution in [0.25, 0.3) is 0 Å². The molecule has 2 rings (SSSR count). The molecule has 124 valence electrons. The molecule has 0 aliphatic carbocycles. The third-order valence-corrected chi connectivity index (χ3v) is 4.96. The molecule has 0 aliphatic rings. The van der Waals surface area contributed by atoms with Crippen LogP contribution in [0.5, 0.6) is 5.75 Å². The minimum atomic E-state index is -4.06. The van der Waals surface area contributed by atoms with Gasteiger partial charge in [-0.1, -0.05) is 12.1 Å².